The van der Waals surface area contributed by atoms with Gasteiger partial charge in [0.15, 0.2) is 10.8 Å². The largest absolute Gasteiger partial charge is 0.351 e. The second-order valence-corrected chi connectivity index (χ2v) is 9.48. The van der Waals surface area contributed by atoms with Crippen molar-refractivity contribution in [3.05, 3.63) is 59.4 Å². The van der Waals surface area contributed by atoms with Gasteiger partial charge >= 0.3 is 6.03 Å². The van der Waals surface area contributed by atoms with E-state index in [-0.39, 0.29) is 11.5 Å². The van der Waals surface area contributed by atoms with Crippen LogP contribution in [-0.4, -0.2) is 53.8 Å². The third-order valence-electron chi connectivity index (χ3n) is 5.96. The Kier molecular flexibility index (Phi) is 6.07. The second-order valence-electron chi connectivity index (χ2n) is 8.70. The number of halogens is 1. The molecular weight excluding hydrogens is 511 g/mol. The molecular formula is C24H21FN10O2S. The molecule has 0 atom stereocenters. The van der Waals surface area contributed by atoms with E-state index in [0.717, 1.165) is 18.4 Å². The Morgan fingerprint density at radius 1 is 1.16 bits per heavy atom. The van der Waals surface area contributed by atoms with Gasteiger partial charge in [0, 0.05) is 36.1 Å². The quantitative estimate of drug-likeness (QED) is 0.115. The van der Waals surface area contributed by atoms with Crippen molar-refractivity contribution in [2.45, 2.75) is 30.6 Å². The fourth-order valence-corrected chi connectivity index (χ4v) is 4.24. The fourth-order valence-electron chi connectivity index (χ4n) is 3.92. The van der Waals surface area contributed by atoms with Crippen molar-refractivity contribution in [2.24, 2.45) is 0 Å². The molecule has 4 heterocycles. The van der Waals surface area contributed by atoms with Gasteiger partial charge < -0.3 is 16.0 Å². The zero-order chi connectivity index (χ0) is 26.2. The highest BCUT2D eigenvalue weighted by atomic mass is 32.2. The van der Waals surface area contributed by atoms with E-state index in [4.69, 9.17) is 0 Å². The lowest BCUT2D eigenvalue weighted by molar-refractivity contribution is -0.115. The highest BCUT2D eigenvalue weighted by molar-refractivity contribution is 7.98. The minimum atomic E-state index is -0.589. The number of thioether (sulfide) groups is 1. The highest BCUT2D eigenvalue weighted by Gasteiger charge is 2.26. The van der Waals surface area contributed by atoms with E-state index in [1.165, 1.54) is 30.0 Å². The van der Waals surface area contributed by atoms with Gasteiger partial charge in [-0.05, 0) is 48.4 Å². The van der Waals surface area contributed by atoms with Crippen LogP contribution in [0.3, 0.4) is 0 Å². The lowest BCUT2D eigenvalue weighted by Gasteiger charge is -2.13. The smallest absolute Gasteiger partial charge is 0.326 e. The zero-order valence-electron chi connectivity index (χ0n) is 20.0. The van der Waals surface area contributed by atoms with Crippen molar-refractivity contribution >= 4 is 47.3 Å². The maximum absolute atomic E-state index is 14.2. The molecule has 0 bridgehead atoms. The molecule has 3 amide bonds. The first-order valence-electron chi connectivity index (χ1n) is 11.7. The van der Waals surface area contributed by atoms with Crippen LogP contribution in [0.2, 0.25) is 0 Å². The second kappa shape index (κ2) is 9.70. The molecule has 1 saturated heterocycles. The summed E-state index contributed by atoms with van der Waals surface area (Å²) in [5.74, 6) is -0.0994. The Morgan fingerprint density at radius 3 is 2.68 bits per heavy atom. The molecule has 1 aliphatic carbocycles. The van der Waals surface area contributed by atoms with Gasteiger partial charge in [0.1, 0.15) is 11.5 Å². The van der Waals surface area contributed by atoms with E-state index < -0.39 is 11.9 Å². The normalized spacial score (nSPS) is 16.1. The number of hydrogen-bond acceptors (Lipinski definition) is 10. The van der Waals surface area contributed by atoms with Crippen LogP contribution in [0.5, 0.6) is 0 Å². The molecule has 4 aromatic rings. The van der Waals surface area contributed by atoms with Crippen LogP contribution in [0.4, 0.5) is 21.1 Å². The van der Waals surface area contributed by atoms with Gasteiger partial charge in [0.25, 0.3) is 5.91 Å². The van der Waals surface area contributed by atoms with E-state index in [2.05, 4.69) is 46.3 Å². The Labute approximate surface area is 219 Å². The number of hydrogen-bond donors (Lipinski definition) is 4. The summed E-state index contributed by atoms with van der Waals surface area (Å²) in [6, 6.07) is 4.23. The van der Waals surface area contributed by atoms with E-state index in [9.17, 15) is 14.0 Å². The average molecular weight is 533 g/mol. The number of imide groups is 1. The predicted octanol–water partition coefficient (Wildman–Crippen LogP) is 2.81. The van der Waals surface area contributed by atoms with E-state index in [1.807, 2.05) is 6.26 Å². The summed E-state index contributed by atoms with van der Waals surface area (Å²) in [7, 11) is 0. The van der Waals surface area contributed by atoms with Crippen molar-refractivity contribution in [1.82, 2.24) is 40.2 Å². The number of rotatable bonds is 8. The maximum atomic E-state index is 14.2. The van der Waals surface area contributed by atoms with Crippen LogP contribution in [0.25, 0.3) is 22.9 Å². The zero-order valence-corrected chi connectivity index (χ0v) is 20.8. The van der Waals surface area contributed by atoms with Crippen molar-refractivity contribution in [3.8, 4) is 11.1 Å². The molecule has 2 aliphatic rings. The van der Waals surface area contributed by atoms with Gasteiger partial charge in [-0.3, -0.25) is 10.1 Å². The molecule has 6 rings (SSSR count). The van der Waals surface area contributed by atoms with Crippen molar-refractivity contribution < 1.29 is 14.0 Å². The van der Waals surface area contributed by atoms with Crippen molar-refractivity contribution in [1.29, 1.82) is 0 Å². The molecule has 0 radical (unpaired) electrons. The molecule has 2 fully saturated rings. The molecule has 14 heteroatoms. The number of aromatic nitrogens is 6. The van der Waals surface area contributed by atoms with Crippen LogP contribution < -0.4 is 21.3 Å². The minimum Gasteiger partial charge on any atom is -0.351 e. The maximum Gasteiger partial charge on any atom is 0.326 e. The first kappa shape index (κ1) is 23.8. The average Bonchev–Trinajstić information content (AvgIpc) is 3.55. The monoisotopic (exact) mass is 532 g/mol. The Hall–Kier alpha value is -4.59. The summed E-state index contributed by atoms with van der Waals surface area (Å²) in [6.07, 6.45) is 10.3. The third kappa shape index (κ3) is 4.85. The summed E-state index contributed by atoms with van der Waals surface area (Å²) < 4.78 is 15.7. The SMILES string of the molecule is CSc1ncc(-c2cc(F)ccc2CNc2nc(NC3CC3)n3ncc(/C=C4\NC(=O)NC4=O)c3n2)cn1. The molecule has 1 aromatic carbocycles. The lowest BCUT2D eigenvalue weighted by atomic mass is 10.0. The molecule has 4 N–H and O–H groups in total. The number of urea groups is 1. The topological polar surface area (TPSA) is 151 Å². The first-order valence-corrected chi connectivity index (χ1v) is 12.9. The van der Waals surface area contributed by atoms with Gasteiger partial charge in [-0.25, -0.2) is 19.2 Å². The van der Waals surface area contributed by atoms with E-state index in [0.29, 0.717) is 52.0 Å². The molecule has 38 heavy (non-hydrogen) atoms. The van der Waals surface area contributed by atoms with Crippen LogP contribution in [-0.2, 0) is 11.3 Å². The minimum absolute atomic E-state index is 0.0976. The summed E-state index contributed by atoms with van der Waals surface area (Å²) in [4.78, 5) is 41.4. The number of nitrogens with one attached hydrogen (secondary N) is 4. The van der Waals surface area contributed by atoms with Crippen LogP contribution in [0.1, 0.15) is 24.0 Å². The molecule has 192 valence electrons. The number of anilines is 2. The fraction of sp³-hybridized carbons (Fsp3) is 0.208. The Balaban J connectivity index is 1.33. The number of fused-ring (bicyclic) bond motifs is 1. The number of benzene rings is 1. The summed E-state index contributed by atoms with van der Waals surface area (Å²) >= 11 is 1.43. The van der Waals surface area contributed by atoms with Crippen molar-refractivity contribution in [3.63, 3.8) is 0 Å². The first-order chi connectivity index (χ1) is 18.5. The number of amides is 3. The lowest BCUT2D eigenvalue weighted by Crippen LogP contribution is -2.22. The molecule has 1 saturated carbocycles. The molecule has 3 aromatic heterocycles. The summed E-state index contributed by atoms with van der Waals surface area (Å²) in [5, 5.41) is 16.2. The molecule has 1 aliphatic heterocycles. The molecule has 12 nitrogen and oxygen atoms in total. The van der Waals surface area contributed by atoms with E-state index in [1.54, 1.807) is 29.2 Å². The Bertz CT molecular complexity index is 1600. The highest BCUT2D eigenvalue weighted by Crippen LogP contribution is 2.27. The van der Waals surface area contributed by atoms with Gasteiger partial charge in [-0.1, -0.05) is 17.8 Å². The van der Waals surface area contributed by atoms with Gasteiger partial charge in [0.2, 0.25) is 11.9 Å². The van der Waals surface area contributed by atoms with Crippen LogP contribution >= 0.6 is 11.8 Å². The number of carbonyl (C=O) groups is 2. The van der Waals surface area contributed by atoms with Crippen LogP contribution in [0.15, 0.2) is 47.6 Å². The van der Waals surface area contributed by atoms with Gasteiger partial charge in [-0.2, -0.15) is 19.6 Å². The summed E-state index contributed by atoms with van der Waals surface area (Å²) in [5.41, 5.74) is 3.20. The van der Waals surface area contributed by atoms with Crippen LogP contribution in [0, 0.1) is 5.82 Å². The Morgan fingerprint density at radius 2 is 1.97 bits per heavy atom. The van der Waals surface area contributed by atoms with E-state index >= 15 is 0 Å². The number of nitrogens with zero attached hydrogens (tertiary/aromatic N) is 6. The standard InChI is InChI=1S/C24H21FN10O2S/c1-38-24-27-9-14(10-28-24)17-7-15(25)3-2-12(17)8-26-21-32-19-13(6-18-20(36)33-23(37)31-18)11-29-35(19)22(34-21)30-16-4-5-16/h2-3,6-7,9-11,16H,4-5,8H2,1H3,(H2,26,30,32,34)(H2,31,33,36,37)/b18-6-. The number of carbonyl (C=O) groups excluding carboxylic acids is 2. The molecule has 0 spiro atoms. The summed E-state index contributed by atoms with van der Waals surface area (Å²) in [6.45, 7) is 0.294. The predicted molar refractivity (Wildman–Crippen MR) is 139 cm³/mol. The van der Waals surface area contributed by atoms with Gasteiger partial charge in [0.05, 0.1) is 6.20 Å². The van der Waals surface area contributed by atoms with Gasteiger partial charge in [-0.15, -0.1) is 0 Å². The third-order valence-corrected chi connectivity index (χ3v) is 6.53. The molecule has 0 unspecified atom stereocenters. The van der Waals surface area contributed by atoms with Crippen molar-refractivity contribution in [2.75, 3.05) is 16.9 Å².